The molecule has 0 saturated carbocycles. The van der Waals surface area contributed by atoms with Gasteiger partial charge in [0.05, 0.1) is 12.1 Å². The van der Waals surface area contributed by atoms with Crippen molar-refractivity contribution in [1.82, 2.24) is 20.2 Å². The second kappa shape index (κ2) is 6.69. The van der Waals surface area contributed by atoms with Crippen molar-refractivity contribution in [2.45, 2.75) is 32.1 Å². The second-order valence-electron chi connectivity index (χ2n) is 7.71. The summed E-state index contributed by atoms with van der Waals surface area (Å²) in [7, 11) is 0. The number of carbonyl (C=O) groups is 2. The summed E-state index contributed by atoms with van der Waals surface area (Å²) in [5.41, 5.74) is 9.93. The molecule has 0 spiro atoms. The number of hydrogen-bond donors (Lipinski definition) is 4. The van der Waals surface area contributed by atoms with Crippen molar-refractivity contribution in [2.24, 2.45) is 0 Å². The molecule has 0 atom stereocenters. The molecule has 1 aliphatic rings. The molecular weight excluding hydrogens is 372 g/mol. The van der Waals surface area contributed by atoms with Crippen molar-refractivity contribution in [3.8, 4) is 11.4 Å². The number of nitrogens with one attached hydrogen (secondary N) is 2. The van der Waals surface area contributed by atoms with E-state index in [1.807, 2.05) is 13.8 Å². The average molecular weight is 392 g/mol. The number of hydrogen-bond acceptors (Lipinski definition) is 6. The molecule has 0 saturated heterocycles. The highest BCUT2D eigenvalue weighted by Gasteiger charge is 2.38. The number of nitrogen functional groups attached to an aromatic ring is 1. The fourth-order valence-corrected chi connectivity index (χ4v) is 3.73. The molecule has 5 N–H and O–H groups in total. The van der Waals surface area contributed by atoms with Crippen LogP contribution in [0, 0.1) is 0 Å². The Bertz CT molecular complexity index is 1120. The number of benzene rings is 1. The van der Waals surface area contributed by atoms with Gasteiger partial charge >= 0.3 is 5.97 Å². The highest BCUT2D eigenvalue weighted by molar-refractivity contribution is 6.05. The van der Waals surface area contributed by atoms with Gasteiger partial charge in [-0.15, -0.1) is 0 Å². The predicted molar refractivity (Wildman–Crippen MR) is 106 cm³/mol. The van der Waals surface area contributed by atoms with Crippen molar-refractivity contribution in [1.29, 1.82) is 0 Å². The summed E-state index contributed by atoms with van der Waals surface area (Å²) in [5, 5.41) is 18.9. The Morgan fingerprint density at radius 2 is 1.97 bits per heavy atom. The number of fused-ring (bicyclic) bond motifs is 3. The second-order valence-corrected chi connectivity index (χ2v) is 7.71. The molecule has 2 heterocycles. The van der Waals surface area contributed by atoms with Crippen molar-refractivity contribution in [3.05, 3.63) is 52.8 Å². The standard InChI is InChI=1S/C20H20N6O3/c1-20(2)8-11-9-22-19(21)24-15(11)16-14(20)17(26-25-16)18(29)23-12-5-3-10(4-6-12)7-13(27)28/h3-6,9H,7-8H2,1-2H3,(H,23,29)(H,25,26)(H,27,28)(H2,21,22,24). The minimum Gasteiger partial charge on any atom is -0.481 e. The zero-order valence-electron chi connectivity index (χ0n) is 16.0. The van der Waals surface area contributed by atoms with Gasteiger partial charge in [-0.2, -0.15) is 5.10 Å². The Balaban J connectivity index is 1.65. The molecule has 4 rings (SSSR count). The van der Waals surface area contributed by atoms with Crippen LogP contribution in [0.2, 0.25) is 0 Å². The van der Waals surface area contributed by atoms with Crippen LogP contribution in [0.3, 0.4) is 0 Å². The molecule has 3 aromatic rings. The van der Waals surface area contributed by atoms with Crippen molar-refractivity contribution >= 4 is 23.5 Å². The summed E-state index contributed by atoms with van der Waals surface area (Å²) < 4.78 is 0. The van der Waals surface area contributed by atoms with Gasteiger partial charge in [-0.05, 0) is 35.1 Å². The SMILES string of the molecule is CC1(C)Cc2cnc(N)nc2-c2n[nH]c(C(=O)Nc3ccc(CC(=O)O)cc3)c21. The number of aromatic nitrogens is 4. The lowest BCUT2D eigenvalue weighted by Crippen LogP contribution is -2.29. The lowest BCUT2D eigenvalue weighted by Gasteiger charge is -2.30. The van der Waals surface area contributed by atoms with E-state index < -0.39 is 5.97 Å². The van der Waals surface area contributed by atoms with Crippen LogP contribution in [0.25, 0.3) is 11.4 Å². The zero-order chi connectivity index (χ0) is 20.8. The van der Waals surface area contributed by atoms with Gasteiger partial charge in [-0.25, -0.2) is 9.97 Å². The molecule has 0 unspecified atom stereocenters. The molecule has 9 heteroatoms. The Hall–Kier alpha value is -3.75. The number of carboxylic acids is 1. The van der Waals surface area contributed by atoms with Crippen LogP contribution in [-0.4, -0.2) is 37.1 Å². The summed E-state index contributed by atoms with van der Waals surface area (Å²) in [6, 6.07) is 6.69. The van der Waals surface area contributed by atoms with Crippen molar-refractivity contribution in [2.75, 3.05) is 11.1 Å². The summed E-state index contributed by atoms with van der Waals surface area (Å²) in [4.78, 5) is 32.1. The third kappa shape index (κ3) is 3.42. The van der Waals surface area contributed by atoms with Gasteiger partial charge in [0.1, 0.15) is 11.4 Å². The van der Waals surface area contributed by atoms with E-state index in [4.69, 9.17) is 10.8 Å². The topological polar surface area (TPSA) is 147 Å². The van der Waals surface area contributed by atoms with Gasteiger partial charge in [-0.1, -0.05) is 26.0 Å². The molecule has 1 aliphatic carbocycles. The molecule has 0 radical (unpaired) electrons. The molecule has 1 aromatic carbocycles. The van der Waals surface area contributed by atoms with Gasteiger partial charge in [-0.3, -0.25) is 14.7 Å². The number of nitrogens with two attached hydrogens (primary N) is 1. The van der Waals surface area contributed by atoms with E-state index in [-0.39, 0.29) is 23.7 Å². The highest BCUT2D eigenvalue weighted by atomic mass is 16.4. The average Bonchev–Trinajstić information content (AvgIpc) is 3.10. The fourth-order valence-electron chi connectivity index (χ4n) is 3.73. The number of anilines is 2. The van der Waals surface area contributed by atoms with Crippen LogP contribution < -0.4 is 11.1 Å². The number of carbonyl (C=O) groups excluding carboxylic acids is 1. The summed E-state index contributed by atoms with van der Waals surface area (Å²) in [5.74, 6) is -1.08. The van der Waals surface area contributed by atoms with E-state index in [1.54, 1.807) is 30.5 Å². The zero-order valence-corrected chi connectivity index (χ0v) is 16.0. The number of aromatic amines is 1. The van der Waals surface area contributed by atoms with Crippen molar-refractivity contribution in [3.63, 3.8) is 0 Å². The smallest absolute Gasteiger partial charge is 0.307 e. The van der Waals surface area contributed by atoms with Gasteiger partial charge in [0.2, 0.25) is 5.95 Å². The third-order valence-corrected chi connectivity index (χ3v) is 4.98. The lowest BCUT2D eigenvalue weighted by molar-refractivity contribution is -0.136. The lowest BCUT2D eigenvalue weighted by atomic mass is 9.73. The van der Waals surface area contributed by atoms with Crippen LogP contribution in [0.4, 0.5) is 11.6 Å². The molecule has 0 fully saturated rings. The Labute approximate surface area is 166 Å². The number of carboxylic acid groups (broad SMARTS) is 1. The molecule has 2 aromatic heterocycles. The van der Waals surface area contributed by atoms with Crippen LogP contribution in [-0.2, 0) is 23.1 Å². The van der Waals surface area contributed by atoms with E-state index in [9.17, 15) is 9.59 Å². The highest BCUT2D eigenvalue weighted by Crippen LogP contribution is 2.42. The van der Waals surface area contributed by atoms with E-state index >= 15 is 0 Å². The summed E-state index contributed by atoms with van der Waals surface area (Å²) in [6.07, 6.45) is 2.29. The van der Waals surface area contributed by atoms with Crippen LogP contribution in [0.15, 0.2) is 30.5 Å². The summed E-state index contributed by atoms with van der Waals surface area (Å²) >= 11 is 0. The molecule has 29 heavy (non-hydrogen) atoms. The molecular formula is C20H20N6O3. The normalized spacial score (nSPS) is 14.0. The van der Waals surface area contributed by atoms with Gasteiger partial charge in [0.15, 0.2) is 0 Å². The monoisotopic (exact) mass is 392 g/mol. The molecule has 0 bridgehead atoms. The van der Waals surface area contributed by atoms with Crippen LogP contribution in [0.5, 0.6) is 0 Å². The molecule has 9 nitrogen and oxygen atoms in total. The quantitative estimate of drug-likeness (QED) is 0.532. The van der Waals surface area contributed by atoms with Gasteiger partial charge in [0, 0.05) is 17.4 Å². The van der Waals surface area contributed by atoms with Gasteiger partial charge in [0.25, 0.3) is 5.91 Å². The maximum Gasteiger partial charge on any atom is 0.307 e. The predicted octanol–water partition coefficient (Wildman–Crippen LogP) is 2.16. The molecule has 148 valence electrons. The largest absolute Gasteiger partial charge is 0.481 e. The van der Waals surface area contributed by atoms with Crippen LogP contribution >= 0.6 is 0 Å². The molecule has 0 aliphatic heterocycles. The number of rotatable bonds is 4. The Kier molecular flexibility index (Phi) is 4.30. The number of aliphatic carboxylic acids is 1. The van der Waals surface area contributed by atoms with E-state index in [2.05, 4.69) is 25.5 Å². The first kappa shape index (κ1) is 18.6. The minimum absolute atomic E-state index is 0.0686. The fraction of sp³-hybridized carbons (Fsp3) is 0.250. The number of amides is 1. The van der Waals surface area contributed by atoms with Crippen LogP contribution in [0.1, 0.15) is 41.0 Å². The summed E-state index contributed by atoms with van der Waals surface area (Å²) in [6.45, 7) is 4.08. The first-order valence-electron chi connectivity index (χ1n) is 9.07. The van der Waals surface area contributed by atoms with E-state index in [1.165, 1.54) is 0 Å². The first-order valence-corrected chi connectivity index (χ1v) is 9.07. The number of nitrogens with zero attached hydrogens (tertiary/aromatic N) is 3. The maximum atomic E-state index is 12.9. The third-order valence-electron chi connectivity index (χ3n) is 4.98. The first-order chi connectivity index (χ1) is 13.7. The minimum atomic E-state index is -0.905. The maximum absolute atomic E-state index is 12.9. The Morgan fingerprint density at radius 3 is 2.66 bits per heavy atom. The Morgan fingerprint density at radius 1 is 1.24 bits per heavy atom. The number of H-pyrrole nitrogens is 1. The van der Waals surface area contributed by atoms with E-state index in [0.717, 1.165) is 11.1 Å². The van der Waals surface area contributed by atoms with Gasteiger partial charge < -0.3 is 16.2 Å². The van der Waals surface area contributed by atoms with E-state index in [0.29, 0.717) is 34.8 Å². The molecule has 1 amide bonds. The van der Waals surface area contributed by atoms with Crippen molar-refractivity contribution < 1.29 is 14.7 Å².